The van der Waals surface area contributed by atoms with Gasteiger partial charge in [-0.15, -0.1) is 0 Å². The maximum atomic E-state index is 10.3. The van der Waals surface area contributed by atoms with Gasteiger partial charge in [0.15, 0.2) is 0 Å². The minimum atomic E-state index is -0.351. The van der Waals surface area contributed by atoms with Gasteiger partial charge in [-0.25, -0.2) is 0 Å². The van der Waals surface area contributed by atoms with Crippen LogP contribution in [0.3, 0.4) is 0 Å². The molecule has 1 unspecified atom stereocenters. The minimum Gasteiger partial charge on any atom is -0.387 e. The average Bonchev–Trinajstić information content (AvgIpc) is 2.39. The van der Waals surface area contributed by atoms with Crippen LogP contribution in [0.25, 0.3) is 0 Å². The van der Waals surface area contributed by atoms with Crippen molar-refractivity contribution in [2.75, 3.05) is 19.6 Å². The number of nitrogens with zero attached hydrogens (tertiary/aromatic N) is 1. The molecule has 1 aliphatic heterocycles. The fraction of sp³-hybridized carbons (Fsp3) is 0.647. The van der Waals surface area contributed by atoms with E-state index in [1.54, 1.807) is 0 Å². The third kappa shape index (κ3) is 4.05. The number of aryl methyl sites for hydroxylation is 1. The molecule has 2 nitrogen and oxygen atoms in total. The third-order valence-corrected chi connectivity index (χ3v) is 4.43. The number of hydrogen-bond acceptors (Lipinski definition) is 2. The molecule has 1 heterocycles. The van der Waals surface area contributed by atoms with E-state index in [1.807, 2.05) is 12.1 Å². The van der Waals surface area contributed by atoms with E-state index >= 15 is 0 Å². The first-order valence-corrected chi connectivity index (χ1v) is 7.53. The van der Waals surface area contributed by atoms with Gasteiger partial charge < -0.3 is 10.0 Å². The molecule has 1 aromatic carbocycles. The Morgan fingerprint density at radius 1 is 1.26 bits per heavy atom. The molecule has 1 fully saturated rings. The second-order valence-corrected chi connectivity index (χ2v) is 6.31. The van der Waals surface area contributed by atoms with E-state index in [-0.39, 0.29) is 6.10 Å². The van der Waals surface area contributed by atoms with Crippen LogP contribution in [0.15, 0.2) is 24.3 Å². The number of aliphatic hydroxyl groups is 1. The van der Waals surface area contributed by atoms with Crippen molar-refractivity contribution in [1.29, 1.82) is 0 Å². The Kier molecular flexibility index (Phi) is 5.00. The second-order valence-electron chi connectivity index (χ2n) is 6.31. The molecule has 0 bridgehead atoms. The fourth-order valence-electron chi connectivity index (χ4n) is 3.03. The number of likely N-dealkylation sites (tertiary alicyclic amines) is 1. The molecule has 2 rings (SSSR count). The van der Waals surface area contributed by atoms with Crippen LogP contribution in [0.5, 0.6) is 0 Å². The van der Waals surface area contributed by atoms with E-state index in [1.165, 1.54) is 18.4 Å². The summed E-state index contributed by atoms with van der Waals surface area (Å²) in [7, 11) is 0. The molecule has 1 aliphatic rings. The van der Waals surface area contributed by atoms with E-state index in [2.05, 4.69) is 37.8 Å². The molecule has 2 heteroatoms. The summed E-state index contributed by atoms with van der Waals surface area (Å²) >= 11 is 0. The number of aliphatic hydroxyl groups excluding tert-OH is 1. The summed E-state index contributed by atoms with van der Waals surface area (Å²) in [6.45, 7) is 9.75. The molecule has 0 aliphatic carbocycles. The minimum absolute atomic E-state index is 0.351. The number of β-amino-alcohol motifs (C(OH)–C–C–N with tert-alkyl or cyclic N) is 1. The van der Waals surface area contributed by atoms with Crippen molar-refractivity contribution in [3.8, 4) is 0 Å². The topological polar surface area (TPSA) is 23.5 Å². The van der Waals surface area contributed by atoms with Crippen LogP contribution in [0.4, 0.5) is 0 Å². The molecule has 1 atom stereocenters. The average molecular weight is 261 g/mol. The molecule has 0 amide bonds. The molecule has 0 radical (unpaired) electrons. The van der Waals surface area contributed by atoms with Crippen molar-refractivity contribution < 1.29 is 5.11 Å². The maximum absolute atomic E-state index is 10.3. The fourth-order valence-corrected chi connectivity index (χ4v) is 3.03. The zero-order valence-corrected chi connectivity index (χ0v) is 12.5. The van der Waals surface area contributed by atoms with Crippen LogP contribution >= 0.6 is 0 Å². The van der Waals surface area contributed by atoms with Gasteiger partial charge in [0.1, 0.15) is 0 Å². The van der Waals surface area contributed by atoms with Gasteiger partial charge in [-0.2, -0.15) is 0 Å². The molecule has 0 spiro atoms. The van der Waals surface area contributed by atoms with Gasteiger partial charge in [0.25, 0.3) is 0 Å². The van der Waals surface area contributed by atoms with Crippen LogP contribution in [-0.4, -0.2) is 29.6 Å². The third-order valence-electron chi connectivity index (χ3n) is 4.43. The molecule has 1 saturated heterocycles. The zero-order chi connectivity index (χ0) is 13.8. The van der Waals surface area contributed by atoms with E-state index in [0.29, 0.717) is 0 Å². The van der Waals surface area contributed by atoms with E-state index in [0.717, 1.165) is 37.0 Å². The van der Waals surface area contributed by atoms with Crippen LogP contribution in [-0.2, 0) is 0 Å². The largest absolute Gasteiger partial charge is 0.387 e. The number of piperidine rings is 1. The van der Waals surface area contributed by atoms with Crippen LogP contribution in [0.1, 0.15) is 43.9 Å². The lowest BCUT2D eigenvalue weighted by Gasteiger charge is -2.34. The Morgan fingerprint density at radius 3 is 2.53 bits per heavy atom. The van der Waals surface area contributed by atoms with Gasteiger partial charge in [0.05, 0.1) is 6.10 Å². The summed E-state index contributed by atoms with van der Waals surface area (Å²) < 4.78 is 0. The lowest BCUT2D eigenvalue weighted by Crippen LogP contribution is -2.37. The summed E-state index contributed by atoms with van der Waals surface area (Å²) in [6, 6.07) is 8.22. The van der Waals surface area contributed by atoms with Crippen molar-refractivity contribution >= 4 is 0 Å². The Balaban J connectivity index is 1.85. The highest BCUT2D eigenvalue weighted by atomic mass is 16.3. The quantitative estimate of drug-likeness (QED) is 0.898. The Hall–Kier alpha value is -0.860. The van der Waals surface area contributed by atoms with Gasteiger partial charge in [-0.05, 0) is 50.3 Å². The van der Waals surface area contributed by atoms with E-state index < -0.39 is 0 Å². The monoisotopic (exact) mass is 261 g/mol. The normalized spacial score (nSPS) is 19.8. The SMILES string of the molecule is Cc1cccc(C(O)CN2CCC(C(C)C)CC2)c1. The number of rotatable bonds is 4. The Labute approximate surface area is 117 Å². The summed E-state index contributed by atoms with van der Waals surface area (Å²) in [4.78, 5) is 2.41. The van der Waals surface area contributed by atoms with Gasteiger partial charge >= 0.3 is 0 Å². The first-order chi connectivity index (χ1) is 9.06. The molecule has 0 aromatic heterocycles. The first-order valence-electron chi connectivity index (χ1n) is 7.53. The van der Waals surface area contributed by atoms with Gasteiger partial charge in [0, 0.05) is 6.54 Å². The summed E-state index contributed by atoms with van der Waals surface area (Å²) in [5.74, 6) is 1.66. The standard InChI is InChI=1S/C17H27NO/c1-13(2)15-7-9-18(10-8-15)12-17(19)16-6-4-5-14(3)11-16/h4-6,11,13,15,17,19H,7-10,12H2,1-3H3. The highest BCUT2D eigenvalue weighted by molar-refractivity contribution is 5.24. The van der Waals surface area contributed by atoms with Crippen molar-refractivity contribution in [3.63, 3.8) is 0 Å². The van der Waals surface area contributed by atoms with Crippen LogP contribution < -0.4 is 0 Å². The highest BCUT2D eigenvalue weighted by Crippen LogP contribution is 2.25. The zero-order valence-electron chi connectivity index (χ0n) is 12.5. The molecule has 106 valence electrons. The van der Waals surface area contributed by atoms with Gasteiger partial charge in [-0.1, -0.05) is 43.7 Å². The lowest BCUT2D eigenvalue weighted by atomic mass is 9.86. The molecular weight excluding hydrogens is 234 g/mol. The molecule has 0 saturated carbocycles. The predicted octanol–water partition coefficient (Wildman–Crippen LogP) is 3.40. The van der Waals surface area contributed by atoms with Crippen molar-refractivity contribution in [2.45, 2.75) is 39.7 Å². The summed E-state index contributed by atoms with van der Waals surface area (Å²) in [5.41, 5.74) is 2.26. The Morgan fingerprint density at radius 2 is 1.95 bits per heavy atom. The second kappa shape index (κ2) is 6.53. The molecule has 19 heavy (non-hydrogen) atoms. The van der Waals surface area contributed by atoms with Crippen LogP contribution in [0, 0.1) is 18.8 Å². The van der Waals surface area contributed by atoms with Crippen molar-refractivity contribution in [3.05, 3.63) is 35.4 Å². The summed E-state index contributed by atoms with van der Waals surface area (Å²) in [5, 5.41) is 10.3. The van der Waals surface area contributed by atoms with Gasteiger partial charge in [0.2, 0.25) is 0 Å². The van der Waals surface area contributed by atoms with E-state index in [9.17, 15) is 5.11 Å². The van der Waals surface area contributed by atoms with E-state index in [4.69, 9.17) is 0 Å². The predicted molar refractivity (Wildman–Crippen MR) is 80.1 cm³/mol. The number of benzene rings is 1. The molecule has 1 N–H and O–H groups in total. The molecule has 1 aromatic rings. The Bertz CT molecular complexity index is 394. The van der Waals surface area contributed by atoms with Gasteiger partial charge in [-0.3, -0.25) is 0 Å². The number of hydrogen-bond donors (Lipinski definition) is 1. The van der Waals surface area contributed by atoms with Crippen molar-refractivity contribution in [1.82, 2.24) is 4.90 Å². The highest BCUT2D eigenvalue weighted by Gasteiger charge is 2.23. The smallest absolute Gasteiger partial charge is 0.0917 e. The first kappa shape index (κ1) is 14.5. The summed E-state index contributed by atoms with van der Waals surface area (Å²) in [6.07, 6.45) is 2.20. The van der Waals surface area contributed by atoms with Crippen molar-refractivity contribution in [2.24, 2.45) is 11.8 Å². The van der Waals surface area contributed by atoms with Crippen LogP contribution in [0.2, 0.25) is 0 Å². The maximum Gasteiger partial charge on any atom is 0.0917 e. The lowest BCUT2D eigenvalue weighted by molar-refractivity contribution is 0.0818. The molecular formula is C17H27NO.